The second-order valence-electron chi connectivity index (χ2n) is 2.45. The second-order valence-corrected chi connectivity index (χ2v) is 10.1. The summed E-state index contributed by atoms with van der Waals surface area (Å²) in [5.74, 6) is 9.38. The Hall–Kier alpha value is 0.532. The summed E-state index contributed by atoms with van der Waals surface area (Å²) in [4.78, 5) is 0. The average molecular weight is 112 g/mol. The fourth-order valence-electron chi connectivity index (χ4n) is 0. The Balaban J connectivity index is 3.02. The molecule has 0 aliphatic rings. The van der Waals surface area contributed by atoms with Crippen molar-refractivity contribution in [3.63, 3.8) is 0 Å². The maximum absolute atomic E-state index is 2.34. The predicted molar refractivity (Wildman–Crippen MR) is 23.5 cm³/mol. The fraction of sp³-hybridized carbons (Fsp3) is 1.00. The van der Waals surface area contributed by atoms with Crippen molar-refractivity contribution in [1.29, 1.82) is 0 Å². The molecule has 1 heteroatoms. The molecule has 34 valence electrons. The minimum atomic E-state index is -0.750. The van der Waals surface area contributed by atoms with E-state index in [2.05, 4.69) is 23.1 Å². The zero-order valence-corrected chi connectivity index (χ0v) is 5.68. The van der Waals surface area contributed by atoms with Crippen molar-refractivity contribution in [2.45, 2.75) is 23.1 Å². The summed E-state index contributed by atoms with van der Waals surface area (Å²) in [5.41, 5.74) is 0. The van der Waals surface area contributed by atoms with Crippen LogP contribution in [0.2, 0.25) is 23.1 Å². The molecular formula is C4H12Cr. The Morgan fingerprint density at radius 2 is 0.800 bits per heavy atom. The van der Waals surface area contributed by atoms with Crippen molar-refractivity contribution < 1.29 is 13.1 Å². The van der Waals surface area contributed by atoms with Crippen LogP contribution in [0.1, 0.15) is 0 Å². The van der Waals surface area contributed by atoms with E-state index in [-0.39, 0.29) is 0 Å². The van der Waals surface area contributed by atoms with Gasteiger partial charge in [0, 0.05) is 0 Å². The topological polar surface area (TPSA) is 0 Å². The van der Waals surface area contributed by atoms with Crippen molar-refractivity contribution in [1.82, 2.24) is 0 Å². The van der Waals surface area contributed by atoms with E-state index in [0.717, 1.165) is 0 Å². The van der Waals surface area contributed by atoms with Gasteiger partial charge in [0.15, 0.2) is 0 Å². The predicted octanol–water partition coefficient (Wildman–Crippen LogP) is 2.33. The van der Waals surface area contributed by atoms with Crippen LogP contribution in [0.25, 0.3) is 0 Å². The molecule has 0 saturated heterocycles. The first-order valence-electron chi connectivity index (χ1n) is 1.63. The molecule has 0 N–H and O–H groups in total. The quantitative estimate of drug-likeness (QED) is 0.451. The van der Waals surface area contributed by atoms with E-state index in [1.54, 1.807) is 0 Å². The van der Waals surface area contributed by atoms with Crippen LogP contribution in [0.5, 0.6) is 0 Å². The van der Waals surface area contributed by atoms with Crippen molar-refractivity contribution in [2.24, 2.45) is 0 Å². The van der Waals surface area contributed by atoms with Gasteiger partial charge in [0.1, 0.15) is 0 Å². The van der Waals surface area contributed by atoms with Gasteiger partial charge < -0.3 is 0 Å². The third-order valence-electron chi connectivity index (χ3n) is 0. The van der Waals surface area contributed by atoms with E-state index < -0.39 is 13.1 Å². The van der Waals surface area contributed by atoms with Gasteiger partial charge in [0.2, 0.25) is 0 Å². The van der Waals surface area contributed by atoms with Crippen molar-refractivity contribution in [3.05, 3.63) is 0 Å². The van der Waals surface area contributed by atoms with E-state index in [9.17, 15) is 0 Å². The first-order chi connectivity index (χ1) is 2.00. The average Bonchev–Trinajstić information content (AvgIpc) is 0.722. The number of hydrogen-bond donors (Lipinski definition) is 0. The first-order valence-corrected chi connectivity index (χ1v) is 6.73. The molecular weight excluding hydrogens is 100 g/mol. The molecule has 0 saturated carbocycles. The molecule has 0 spiro atoms. The van der Waals surface area contributed by atoms with Gasteiger partial charge >= 0.3 is 36.2 Å². The van der Waals surface area contributed by atoms with Crippen LogP contribution in [0.15, 0.2) is 0 Å². The molecule has 0 atom stereocenters. The maximum atomic E-state index is 2.34. The van der Waals surface area contributed by atoms with Gasteiger partial charge in [-0.1, -0.05) is 0 Å². The zero-order chi connectivity index (χ0) is 4.50. The molecule has 0 bridgehead atoms. The third kappa shape index (κ3) is 103. The van der Waals surface area contributed by atoms with Crippen LogP contribution in [0.3, 0.4) is 0 Å². The molecule has 0 radical (unpaired) electrons. The SMILES string of the molecule is [CH3][Cr]([CH3])([CH3])[CH3]. The minimum absolute atomic E-state index is 0.750. The van der Waals surface area contributed by atoms with E-state index >= 15 is 0 Å². The van der Waals surface area contributed by atoms with Gasteiger partial charge in [-0.05, 0) is 0 Å². The van der Waals surface area contributed by atoms with Crippen LogP contribution >= 0.6 is 0 Å². The van der Waals surface area contributed by atoms with E-state index in [4.69, 9.17) is 0 Å². The van der Waals surface area contributed by atoms with Gasteiger partial charge in [-0.2, -0.15) is 0 Å². The summed E-state index contributed by atoms with van der Waals surface area (Å²) in [6.45, 7) is 0. The Kier molecular flexibility index (Phi) is 1.47. The Labute approximate surface area is 36.9 Å². The molecule has 0 fully saturated rings. The van der Waals surface area contributed by atoms with Crippen LogP contribution in [0.4, 0.5) is 0 Å². The molecule has 0 aliphatic heterocycles. The molecule has 0 aromatic heterocycles. The Bertz CT molecular complexity index is 19.1. The van der Waals surface area contributed by atoms with Gasteiger partial charge in [-0.3, -0.25) is 0 Å². The first kappa shape index (κ1) is 5.53. The number of hydrogen-bond acceptors (Lipinski definition) is 0. The summed E-state index contributed by atoms with van der Waals surface area (Å²) in [5, 5.41) is 0. The molecule has 0 heterocycles. The Morgan fingerprint density at radius 3 is 0.800 bits per heavy atom. The summed E-state index contributed by atoms with van der Waals surface area (Å²) in [7, 11) is 0. The molecule has 0 nitrogen and oxygen atoms in total. The van der Waals surface area contributed by atoms with Crippen LogP contribution < -0.4 is 0 Å². The molecule has 0 unspecified atom stereocenters. The molecule has 0 rings (SSSR count). The fourth-order valence-corrected chi connectivity index (χ4v) is 0. The summed E-state index contributed by atoms with van der Waals surface area (Å²) in [6.07, 6.45) is 0. The van der Waals surface area contributed by atoms with Crippen LogP contribution in [0, 0.1) is 0 Å². The van der Waals surface area contributed by atoms with Crippen LogP contribution in [-0.2, 0) is 13.1 Å². The van der Waals surface area contributed by atoms with Gasteiger partial charge in [-0.25, -0.2) is 0 Å². The second kappa shape index (κ2) is 1.33. The van der Waals surface area contributed by atoms with Gasteiger partial charge in [0.25, 0.3) is 0 Å². The molecule has 0 aromatic carbocycles. The van der Waals surface area contributed by atoms with Crippen molar-refractivity contribution in [2.75, 3.05) is 0 Å². The zero-order valence-electron chi connectivity index (χ0n) is 4.41. The number of rotatable bonds is 0. The van der Waals surface area contributed by atoms with Crippen molar-refractivity contribution in [3.8, 4) is 0 Å². The van der Waals surface area contributed by atoms with Crippen molar-refractivity contribution >= 4 is 0 Å². The molecule has 0 amide bonds. The van der Waals surface area contributed by atoms with Gasteiger partial charge in [-0.15, -0.1) is 0 Å². The summed E-state index contributed by atoms with van der Waals surface area (Å²) < 4.78 is 0. The standard InChI is InChI=1S/4CH3.Cr/h4*1H3;. The van der Waals surface area contributed by atoms with E-state index in [1.807, 2.05) is 0 Å². The molecule has 0 aromatic rings. The summed E-state index contributed by atoms with van der Waals surface area (Å²) >= 11 is -0.750. The molecule has 0 aliphatic carbocycles. The normalized spacial score (nSPS) is 15.2. The van der Waals surface area contributed by atoms with Crippen LogP contribution in [-0.4, -0.2) is 0 Å². The monoisotopic (exact) mass is 112 g/mol. The molecule has 5 heavy (non-hydrogen) atoms. The van der Waals surface area contributed by atoms with E-state index in [1.165, 1.54) is 0 Å². The van der Waals surface area contributed by atoms with Gasteiger partial charge in [0.05, 0.1) is 0 Å². The van der Waals surface area contributed by atoms with E-state index in [0.29, 0.717) is 0 Å². The summed E-state index contributed by atoms with van der Waals surface area (Å²) in [6, 6.07) is 0. The third-order valence-corrected chi connectivity index (χ3v) is 0. The Morgan fingerprint density at radius 1 is 0.800 bits per heavy atom.